The minimum absolute atomic E-state index is 0.0654. The number of nitrogens with zero attached hydrogens (tertiary/aromatic N) is 1. The van der Waals surface area contributed by atoms with Crippen molar-refractivity contribution in [2.45, 2.75) is 50.4 Å². The summed E-state index contributed by atoms with van der Waals surface area (Å²) in [5, 5.41) is 0. The second-order valence-electron chi connectivity index (χ2n) is 6.23. The van der Waals surface area contributed by atoms with E-state index in [1.165, 1.54) is 5.75 Å². The van der Waals surface area contributed by atoms with E-state index in [0.717, 1.165) is 49.5 Å². The van der Waals surface area contributed by atoms with Gasteiger partial charge in [0.1, 0.15) is 11.9 Å². The Morgan fingerprint density at radius 2 is 2.48 bits per heavy atom. The molecule has 3 rings (SSSR count). The third-order valence-electron chi connectivity index (χ3n) is 4.15. The highest BCUT2D eigenvalue weighted by Gasteiger charge is 2.41. The molecular formula is C16H24N2O2S. The average Bonchev–Trinajstić information content (AvgIpc) is 2.88. The molecule has 1 spiro atoms. The quantitative estimate of drug-likeness (QED) is 0.925. The van der Waals surface area contributed by atoms with Crippen LogP contribution in [0.3, 0.4) is 0 Å². The Balaban J connectivity index is 1.58. The Hall–Kier alpha value is -0.780. The van der Waals surface area contributed by atoms with Gasteiger partial charge in [0.25, 0.3) is 0 Å². The van der Waals surface area contributed by atoms with Crippen LogP contribution in [0.4, 0.5) is 0 Å². The fourth-order valence-electron chi connectivity index (χ4n) is 3.07. The van der Waals surface area contributed by atoms with Gasteiger partial charge in [0.15, 0.2) is 0 Å². The normalized spacial score (nSPS) is 30.5. The first-order valence-corrected chi connectivity index (χ1v) is 8.90. The van der Waals surface area contributed by atoms with Crippen LogP contribution in [0.15, 0.2) is 18.3 Å². The molecule has 0 aliphatic carbocycles. The molecule has 1 aromatic rings. The van der Waals surface area contributed by atoms with E-state index in [0.29, 0.717) is 0 Å². The van der Waals surface area contributed by atoms with E-state index in [1.807, 2.05) is 37.0 Å². The first kappa shape index (κ1) is 15.1. The lowest BCUT2D eigenvalue weighted by Gasteiger charge is -2.37. The number of pyridine rings is 1. The molecule has 21 heavy (non-hydrogen) atoms. The topological polar surface area (TPSA) is 57.4 Å². The molecule has 2 fully saturated rings. The highest BCUT2D eigenvalue weighted by molar-refractivity contribution is 7.99. The molecule has 5 heteroatoms. The second-order valence-corrected chi connectivity index (χ2v) is 7.34. The van der Waals surface area contributed by atoms with E-state index >= 15 is 0 Å². The van der Waals surface area contributed by atoms with E-state index in [1.54, 1.807) is 0 Å². The highest BCUT2D eigenvalue weighted by atomic mass is 32.2. The predicted octanol–water partition coefficient (Wildman–Crippen LogP) is 2.40. The van der Waals surface area contributed by atoms with Crippen LogP contribution in [0.1, 0.15) is 31.9 Å². The number of rotatable bonds is 4. The summed E-state index contributed by atoms with van der Waals surface area (Å²) in [6.07, 6.45) is 6.00. The monoisotopic (exact) mass is 308 g/mol. The SMILES string of the molecule is CC(N)Cc1ccc(OC2CCOC3(CCSC3)C2)cn1. The number of hydrogen-bond acceptors (Lipinski definition) is 5. The summed E-state index contributed by atoms with van der Waals surface area (Å²) in [5.41, 5.74) is 6.88. The maximum absolute atomic E-state index is 6.12. The van der Waals surface area contributed by atoms with Crippen LogP contribution >= 0.6 is 11.8 Å². The minimum atomic E-state index is 0.0654. The van der Waals surface area contributed by atoms with E-state index < -0.39 is 0 Å². The van der Waals surface area contributed by atoms with E-state index in [9.17, 15) is 0 Å². The molecule has 0 radical (unpaired) electrons. The highest BCUT2D eigenvalue weighted by Crippen LogP contribution is 2.39. The van der Waals surface area contributed by atoms with Crippen molar-refractivity contribution in [2.75, 3.05) is 18.1 Å². The van der Waals surface area contributed by atoms with Crippen LogP contribution in [-0.2, 0) is 11.2 Å². The van der Waals surface area contributed by atoms with Gasteiger partial charge in [-0.3, -0.25) is 4.98 Å². The third-order valence-corrected chi connectivity index (χ3v) is 5.37. The van der Waals surface area contributed by atoms with Gasteiger partial charge in [0.05, 0.1) is 18.4 Å². The minimum Gasteiger partial charge on any atom is -0.489 e. The van der Waals surface area contributed by atoms with Gasteiger partial charge in [-0.1, -0.05) is 0 Å². The number of aromatic nitrogens is 1. The molecule has 2 N–H and O–H groups in total. The van der Waals surface area contributed by atoms with E-state index in [2.05, 4.69) is 4.98 Å². The van der Waals surface area contributed by atoms with Crippen molar-refractivity contribution in [3.8, 4) is 5.75 Å². The van der Waals surface area contributed by atoms with Gasteiger partial charge in [0.2, 0.25) is 0 Å². The summed E-state index contributed by atoms with van der Waals surface area (Å²) in [4.78, 5) is 4.43. The van der Waals surface area contributed by atoms with Crippen molar-refractivity contribution < 1.29 is 9.47 Å². The fraction of sp³-hybridized carbons (Fsp3) is 0.688. The molecule has 0 amide bonds. The van der Waals surface area contributed by atoms with Gasteiger partial charge < -0.3 is 15.2 Å². The first-order valence-electron chi connectivity index (χ1n) is 7.74. The first-order chi connectivity index (χ1) is 10.2. The van der Waals surface area contributed by atoms with Gasteiger partial charge in [0, 0.05) is 36.8 Å². The fourth-order valence-corrected chi connectivity index (χ4v) is 4.45. The smallest absolute Gasteiger partial charge is 0.138 e. The van der Waals surface area contributed by atoms with Gasteiger partial charge in [-0.2, -0.15) is 11.8 Å². The maximum Gasteiger partial charge on any atom is 0.138 e. The van der Waals surface area contributed by atoms with Crippen LogP contribution in [0.2, 0.25) is 0 Å². The largest absolute Gasteiger partial charge is 0.489 e. The summed E-state index contributed by atoms with van der Waals surface area (Å²) in [6.45, 7) is 2.80. The van der Waals surface area contributed by atoms with Crippen molar-refractivity contribution in [3.05, 3.63) is 24.0 Å². The Morgan fingerprint density at radius 3 is 3.14 bits per heavy atom. The summed E-state index contributed by atoms with van der Waals surface area (Å²) in [7, 11) is 0. The molecule has 4 nitrogen and oxygen atoms in total. The second kappa shape index (κ2) is 6.55. The number of ether oxygens (including phenoxy) is 2. The van der Waals surface area contributed by atoms with Crippen molar-refractivity contribution in [2.24, 2.45) is 5.73 Å². The molecule has 2 aliphatic heterocycles. The molecular weight excluding hydrogens is 284 g/mol. The van der Waals surface area contributed by atoms with E-state index in [-0.39, 0.29) is 17.7 Å². The Bertz CT molecular complexity index is 458. The standard InChI is InChI=1S/C16H24N2O2S/c1-12(17)8-13-2-3-15(10-18-13)20-14-4-6-19-16(9-14)5-7-21-11-16/h2-3,10,12,14H,4-9,11,17H2,1H3. The van der Waals surface area contributed by atoms with Crippen LogP contribution in [-0.4, -0.2) is 40.8 Å². The molecule has 1 aromatic heterocycles. The zero-order valence-electron chi connectivity index (χ0n) is 12.6. The zero-order chi connectivity index (χ0) is 14.7. The summed E-state index contributed by atoms with van der Waals surface area (Å²) in [6, 6.07) is 4.16. The van der Waals surface area contributed by atoms with Crippen LogP contribution < -0.4 is 10.5 Å². The molecule has 3 atom stereocenters. The molecule has 3 unspecified atom stereocenters. The number of thioether (sulfide) groups is 1. The Kier molecular flexibility index (Phi) is 4.72. The number of nitrogens with two attached hydrogens (primary N) is 1. The molecule has 2 aliphatic rings. The number of hydrogen-bond donors (Lipinski definition) is 1. The average molecular weight is 308 g/mol. The molecule has 116 valence electrons. The van der Waals surface area contributed by atoms with Gasteiger partial charge in [-0.15, -0.1) is 0 Å². The molecule has 2 saturated heterocycles. The molecule has 0 bridgehead atoms. The third kappa shape index (κ3) is 3.90. The Labute approximate surface area is 130 Å². The molecule has 3 heterocycles. The lowest BCUT2D eigenvalue weighted by Crippen LogP contribution is -2.43. The van der Waals surface area contributed by atoms with Crippen molar-refractivity contribution in [1.29, 1.82) is 0 Å². The van der Waals surface area contributed by atoms with Crippen molar-refractivity contribution in [3.63, 3.8) is 0 Å². The van der Waals surface area contributed by atoms with Crippen LogP contribution in [0.5, 0.6) is 5.75 Å². The van der Waals surface area contributed by atoms with Gasteiger partial charge in [-0.25, -0.2) is 0 Å². The lowest BCUT2D eigenvalue weighted by atomic mass is 9.91. The summed E-state index contributed by atoms with van der Waals surface area (Å²) < 4.78 is 12.1. The van der Waals surface area contributed by atoms with Crippen molar-refractivity contribution in [1.82, 2.24) is 4.98 Å². The summed E-state index contributed by atoms with van der Waals surface area (Å²) >= 11 is 1.99. The lowest BCUT2D eigenvalue weighted by molar-refractivity contribution is -0.0959. The van der Waals surface area contributed by atoms with Gasteiger partial charge >= 0.3 is 0 Å². The molecule has 0 saturated carbocycles. The maximum atomic E-state index is 6.12. The van der Waals surface area contributed by atoms with Gasteiger partial charge in [-0.05, 0) is 31.2 Å². The van der Waals surface area contributed by atoms with Crippen LogP contribution in [0.25, 0.3) is 0 Å². The zero-order valence-corrected chi connectivity index (χ0v) is 13.4. The van der Waals surface area contributed by atoms with Crippen LogP contribution in [0, 0.1) is 0 Å². The predicted molar refractivity (Wildman–Crippen MR) is 85.9 cm³/mol. The van der Waals surface area contributed by atoms with E-state index in [4.69, 9.17) is 15.2 Å². The summed E-state index contributed by atoms with van der Waals surface area (Å²) in [5.74, 6) is 3.18. The molecule has 0 aromatic carbocycles. The van der Waals surface area contributed by atoms with Crippen molar-refractivity contribution >= 4 is 11.8 Å². The Morgan fingerprint density at radius 1 is 1.57 bits per heavy atom.